The van der Waals surface area contributed by atoms with Gasteiger partial charge in [0.15, 0.2) is 18.4 Å². The van der Waals surface area contributed by atoms with Crippen LogP contribution in [0.1, 0.15) is 105 Å². The number of esters is 1. The molecular formula is C52H84N4O18S. The normalized spacial score (nSPS) is 36.6. The summed E-state index contributed by atoms with van der Waals surface area (Å²) in [5.74, 6) is -6.19. The first kappa shape index (κ1) is 62.2. The van der Waals surface area contributed by atoms with Gasteiger partial charge in [0.1, 0.15) is 35.6 Å². The number of methoxy groups -OCH3 is 2. The molecule has 426 valence electrons. The molecule has 22 nitrogen and oxygen atoms in total. The number of hydrogen-bond donors (Lipinski definition) is 6. The summed E-state index contributed by atoms with van der Waals surface area (Å²) in [6.45, 7) is 17.8. The fraction of sp³-hybridized carbons (Fsp3) is 0.769. The molecule has 23 heteroatoms. The van der Waals surface area contributed by atoms with Crippen LogP contribution in [0.3, 0.4) is 0 Å². The molecule has 3 aliphatic rings. The summed E-state index contributed by atoms with van der Waals surface area (Å²) in [5.41, 5.74) is -4.57. The van der Waals surface area contributed by atoms with Gasteiger partial charge in [-0.1, -0.05) is 20.8 Å². The Kier molecular flexibility index (Phi) is 21.1. The van der Waals surface area contributed by atoms with Crippen molar-refractivity contribution in [2.24, 2.45) is 17.8 Å². The van der Waals surface area contributed by atoms with E-state index in [0.29, 0.717) is 37.3 Å². The molecule has 0 amide bonds. The zero-order chi connectivity index (χ0) is 56.1. The number of aliphatic hydroxyl groups is 3. The molecule has 3 fully saturated rings. The van der Waals surface area contributed by atoms with E-state index in [-0.39, 0.29) is 48.9 Å². The van der Waals surface area contributed by atoms with Gasteiger partial charge in [0.05, 0.1) is 52.8 Å². The summed E-state index contributed by atoms with van der Waals surface area (Å²) >= 11 is 0. The Balaban J connectivity index is 1.35. The lowest BCUT2D eigenvalue weighted by molar-refractivity contribution is -0.317. The molecule has 0 saturated carbocycles. The number of aromatic nitrogens is 1. The molecular weight excluding hydrogens is 1000 g/mol. The number of pyridine rings is 1. The quantitative estimate of drug-likeness (QED) is 0.0670. The second-order valence-electron chi connectivity index (χ2n) is 21.5. The van der Waals surface area contributed by atoms with Crippen LogP contribution in [0.5, 0.6) is 0 Å². The molecule has 1 aromatic carbocycles. The largest absolute Gasteiger partial charge is 0.477 e. The van der Waals surface area contributed by atoms with Crippen LogP contribution in [0.2, 0.25) is 0 Å². The van der Waals surface area contributed by atoms with Gasteiger partial charge in [-0.05, 0) is 100 Å². The smallest absolute Gasteiger partial charge is 0.341 e. The van der Waals surface area contributed by atoms with E-state index in [1.54, 1.807) is 71.2 Å². The number of aryl methyl sites for hydroxylation is 1. The number of rotatable bonds is 19. The van der Waals surface area contributed by atoms with Gasteiger partial charge in [0, 0.05) is 82.0 Å². The van der Waals surface area contributed by atoms with Crippen molar-refractivity contribution in [1.29, 1.82) is 0 Å². The number of anilines is 1. The van der Waals surface area contributed by atoms with Crippen molar-refractivity contribution in [2.75, 3.05) is 59.0 Å². The zero-order valence-electron chi connectivity index (χ0n) is 46.1. The molecule has 6 N–H and O–H groups in total. The predicted molar refractivity (Wildman–Crippen MR) is 277 cm³/mol. The first-order valence-corrected chi connectivity index (χ1v) is 27.5. The van der Waals surface area contributed by atoms with E-state index in [4.69, 9.17) is 37.3 Å². The maximum atomic E-state index is 14.4. The number of hydrogen-bond acceptors (Lipinski definition) is 20. The number of carbonyl (C=O) groups is 3. The predicted octanol–water partition coefficient (Wildman–Crippen LogP) is 2.89. The van der Waals surface area contributed by atoms with Gasteiger partial charge < -0.3 is 73.7 Å². The van der Waals surface area contributed by atoms with Gasteiger partial charge in [-0.3, -0.25) is 18.6 Å². The summed E-state index contributed by atoms with van der Waals surface area (Å²) in [7, 11) is 2.33. The third kappa shape index (κ3) is 14.1. The lowest BCUT2D eigenvalue weighted by atomic mass is 9.75. The lowest BCUT2D eigenvalue weighted by Crippen LogP contribution is -2.61. The zero-order valence-corrected chi connectivity index (χ0v) is 46.9. The molecule has 1 aromatic heterocycles. The number of nitrogens with one attached hydrogen (secondary N) is 2. The van der Waals surface area contributed by atoms with Crippen molar-refractivity contribution in [1.82, 2.24) is 14.8 Å². The molecule has 0 bridgehead atoms. The van der Waals surface area contributed by atoms with Crippen molar-refractivity contribution in [3.8, 4) is 0 Å². The number of nitrogens with zero attached hydrogens (tertiary/aromatic N) is 2. The highest BCUT2D eigenvalue weighted by molar-refractivity contribution is 7.86. The van der Waals surface area contributed by atoms with Crippen LogP contribution in [-0.2, 0) is 63.6 Å². The Bertz CT molecular complexity index is 2460. The van der Waals surface area contributed by atoms with E-state index in [1.165, 1.54) is 27.3 Å². The third-order valence-corrected chi connectivity index (χ3v) is 16.8. The molecule has 4 heterocycles. The standard InChI is InChI=1S/C52H84N4O18S/c1-15-38-52(10,64)44(60)40(57)28(3)25-50(8,67-13)45(73-49-42(59)37(55(11)12)23-29(4)69-49)30(5)43(31(6)48(63)71-38)72-39-26-51(9,68-14)46(32(7)70-39)74-75(65,66)22-21-53-19-20-54-33-17-18-34-36(24-33)56(16-2)27-35(41(34)58)47(61)62/h17-18,24,27-32,37-39,42-46,49,53-54,59-60,64H,15-16,19-23,25-26H2,1-14H3,(H,61,62)/t28-,29-,30+,31-,32+,37?,38-,39+,42-,43+,44?,45-,46+,49+,50-,51-,52-/m1/s1. The van der Waals surface area contributed by atoms with Crippen LogP contribution in [-0.4, -0.2) is 194 Å². The average Bonchev–Trinajstić information content (AvgIpc) is 3.35. The number of benzene rings is 1. The van der Waals surface area contributed by atoms with Gasteiger partial charge in [-0.2, -0.15) is 8.42 Å². The van der Waals surface area contributed by atoms with E-state index >= 15 is 0 Å². The Morgan fingerprint density at radius 2 is 1.57 bits per heavy atom. The topological polar surface area (TPSA) is 289 Å². The summed E-state index contributed by atoms with van der Waals surface area (Å²) in [6.07, 6.45) is -9.79. The minimum absolute atomic E-state index is 0.0293. The number of likely N-dealkylation sites (N-methyl/N-ethyl adjacent to an activating group) is 1. The maximum absolute atomic E-state index is 14.4. The van der Waals surface area contributed by atoms with Gasteiger partial charge in [-0.15, -0.1) is 0 Å². The highest BCUT2D eigenvalue weighted by Crippen LogP contribution is 2.42. The molecule has 0 radical (unpaired) electrons. The maximum Gasteiger partial charge on any atom is 0.341 e. The number of cyclic esters (lactones) is 1. The monoisotopic (exact) mass is 1080 g/mol. The number of carboxylic acid groups (broad SMARTS) is 1. The second-order valence-corrected chi connectivity index (χ2v) is 23.2. The fourth-order valence-electron chi connectivity index (χ4n) is 10.9. The first-order valence-electron chi connectivity index (χ1n) is 26.0. The summed E-state index contributed by atoms with van der Waals surface area (Å²) < 4.78 is 79.4. The van der Waals surface area contributed by atoms with Gasteiger partial charge in [-0.25, -0.2) is 4.79 Å². The van der Waals surface area contributed by atoms with Crippen LogP contribution < -0.4 is 16.1 Å². The minimum Gasteiger partial charge on any atom is -0.477 e. The Labute approximate surface area is 441 Å². The first-order chi connectivity index (χ1) is 35.0. The van der Waals surface area contributed by atoms with Crippen LogP contribution in [0, 0.1) is 17.8 Å². The van der Waals surface area contributed by atoms with Crippen molar-refractivity contribution in [2.45, 2.75) is 186 Å². The number of aromatic carboxylic acids is 1. The van der Waals surface area contributed by atoms with Crippen LogP contribution in [0.4, 0.5) is 5.69 Å². The molecule has 2 unspecified atom stereocenters. The highest BCUT2D eigenvalue weighted by atomic mass is 32.2. The number of fused-ring (bicyclic) bond motifs is 1. The van der Waals surface area contributed by atoms with Crippen molar-refractivity contribution >= 4 is 44.4 Å². The van der Waals surface area contributed by atoms with Crippen LogP contribution in [0.15, 0.2) is 29.2 Å². The molecule has 5 rings (SSSR count). The van der Waals surface area contributed by atoms with Gasteiger partial charge in [0.2, 0.25) is 5.43 Å². The molecule has 3 saturated heterocycles. The minimum atomic E-state index is -4.21. The molecule has 0 aliphatic carbocycles. The lowest BCUT2D eigenvalue weighted by Gasteiger charge is -2.49. The number of aliphatic hydroxyl groups excluding tert-OH is 2. The van der Waals surface area contributed by atoms with Crippen molar-refractivity contribution in [3.63, 3.8) is 0 Å². The Morgan fingerprint density at radius 3 is 2.17 bits per heavy atom. The summed E-state index contributed by atoms with van der Waals surface area (Å²) in [4.78, 5) is 54.7. The summed E-state index contributed by atoms with van der Waals surface area (Å²) in [6, 6.07) is 4.64. The van der Waals surface area contributed by atoms with E-state index in [2.05, 4.69) is 10.6 Å². The Morgan fingerprint density at radius 1 is 0.920 bits per heavy atom. The number of carbonyl (C=O) groups excluding carboxylic acids is 2. The number of ketones is 1. The summed E-state index contributed by atoms with van der Waals surface area (Å²) in [5, 5.41) is 51.0. The number of ether oxygens (including phenoxy) is 7. The van der Waals surface area contributed by atoms with E-state index in [9.17, 15) is 48.0 Å². The molecule has 2 aromatic rings. The fourth-order valence-corrected chi connectivity index (χ4v) is 12.1. The van der Waals surface area contributed by atoms with E-state index < -0.39 is 129 Å². The van der Waals surface area contributed by atoms with Crippen LogP contribution in [0.25, 0.3) is 10.9 Å². The van der Waals surface area contributed by atoms with E-state index in [0.717, 1.165) is 0 Å². The van der Waals surface area contributed by atoms with Gasteiger partial charge in [0.25, 0.3) is 10.1 Å². The number of Topliss-reactive ketones (excluding diaryl/α,β-unsaturated/α-hetero) is 1. The molecule has 0 spiro atoms. The SMILES string of the molecule is CC[C@H]1OC(=O)[C@H](C)[C@@H](O[C@H]2C[C@@](C)(OC)[C@@H](OS(=O)(=O)CCNCCNc3ccc4c(=O)c(C(=O)O)cn(CC)c4c3)[C@H](C)O2)[C@H](C)[C@@H](O[C@@H]2O[C@H](C)CC(N(C)C)[C@H]2O)[C@](C)(OC)C[C@@H](C)C(=O)C(O)[C@]1(C)O. The average molecular weight is 1090 g/mol. The van der Waals surface area contributed by atoms with Crippen LogP contribution >= 0.6 is 0 Å². The Hall–Kier alpha value is -3.69. The van der Waals surface area contributed by atoms with Gasteiger partial charge >= 0.3 is 11.9 Å². The third-order valence-electron chi connectivity index (χ3n) is 15.6. The van der Waals surface area contributed by atoms with Crippen molar-refractivity contribution in [3.05, 3.63) is 40.2 Å². The molecule has 75 heavy (non-hydrogen) atoms. The second kappa shape index (κ2) is 25.4. The highest BCUT2D eigenvalue weighted by Gasteiger charge is 2.55. The van der Waals surface area contributed by atoms with Crippen molar-refractivity contribution < 1.29 is 80.6 Å². The molecule has 3 aliphatic heterocycles. The number of carboxylic acids is 1. The van der Waals surface area contributed by atoms with E-state index in [1.807, 2.05) is 32.8 Å². The molecule has 17 atom stereocenters.